The van der Waals surface area contributed by atoms with Crippen molar-refractivity contribution in [2.75, 3.05) is 19.7 Å². The molecule has 0 radical (unpaired) electrons. The normalized spacial score (nSPS) is 28.2. The number of carbonyl (C=O) groups is 2. The van der Waals surface area contributed by atoms with E-state index in [1.54, 1.807) is 0 Å². The number of nitrogens with one attached hydrogen (secondary N) is 2. The first-order valence-electron chi connectivity index (χ1n) is 10.5. The zero-order chi connectivity index (χ0) is 19.7. The summed E-state index contributed by atoms with van der Waals surface area (Å²) in [7, 11) is 0. The fourth-order valence-corrected chi connectivity index (χ4v) is 5.04. The van der Waals surface area contributed by atoms with Crippen molar-refractivity contribution < 1.29 is 14.3 Å². The van der Waals surface area contributed by atoms with Crippen LogP contribution in [0.4, 0.5) is 4.79 Å². The number of nitrogens with zero attached hydrogens (tertiary/aromatic N) is 1. The van der Waals surface area contributed by atoms with Gasteiger partial charge in [-0.2, -0.15) is 0 Å². The molecule has 2 N–H and O–H groups in total. The monoisotopic (exact) mass is 385 g/mol. The van der Waals surface area contributed by atoms with Gasteiger partial charge in [-0.25, -0.2) is 4.79 Å². The molecular weight excluding hydrogens is 354 g/mol. The summed E-state index contributed by atoms with van der Waals surface area (Å²) in [5.41, 5.74) is 1.69. The van der Waals surface area contributed by atoms with Crippen molar-refractivity contribution in [1.82, 2.24) is 15.5 Å². The van der Waals surface area contributed by atoms with Crippen LogP contribution in [0.5, 0.6) is 0 Å². The summed E-state index contributed by atoms with van der Waals surface area (Å²) in [5.74, 6) is 0.540. The number of ether oxygens (including phenoxy) is 1. The van der Waals surface area contributed by atoms with Crippen LogP contribution in [0.15, 0.2) is 24.3 Å². The number of fused-ring (bicyclic) bond motifs is 1. The van der Waals surface area contributed by atoms with E-state index in [4.69, 9.17) is 4.74 Å². The van der Waals surface area contributed by atoms with E-state index < -0.39 is 0 Å². The SMILES string of the molecule is CC1(C)C(NC(=O)NCc2ccc(C(=O)N3CCCCC3)cc2)C2CCOC21. The molecule has 152 valence electrons. The highest BCUT2D eigenvalue weighted by atomic mass is 16.5. The molecule has 0 aromatic heterocycles. The van der Waals surface area contributed by atoms with Crippen molar-refractivity contribution in [2.24, 2.45) is 11.3 Å². The highest BCUT2D eigenvalue weighted by Gasteiger charge is 2.59. The van der Waals surface area contributed by atoms with Gasteiger partial charge in [0.05, 0.1) is 6.10 Å². The fourth-order valence-electron chi connectivity index (χ4n) is 5.04. The molecule has 3 aliphatic rings. The van der Waals surface area contributed by atoms with E-state index in [1.807, 2.05) is 29.2 Å². The minimum Gasteiger partial charge on any atom is -0.377 e. The molecule has 0 spiro atoms. The van der Waals surface area contributed by atoms with E-state index in [1.165, 1.54) is 6.42 Å². The van der Waals surface area contributed by atoms with Gasteiger partial charge in [-0.1, -0.05) is 26.0 Å². The van der Waals surface area contributed by atoms with Gasteiger partial charge in [0.15, 0.2) is 0 Å². The largest absolute Gasteiger partial charge is 0.377 e. The van der Waals surface area contributed by atoms with Crippen LogP contribution in [0.25, 0.3) is 0 Å². The number of rotatable bonds is 4. The van der Waals surface area contributed by atoms with Crippen LogP contribution in [0.3, 0.4) is 0 Å². The van der Waals surface area contributed by atoms with Gasteiger partial charge in [-0.05, 0) is 43.4 Å². The first kappa shape index (κ1) is 19.2. The minimum atomic E-state index is -0.142. The second kappa shape index (κ2) is 7.74. The summed E-state index contributed by atoms with van der Waals surface area (Å²) in [6.07, 6.45) is 4.68. The Hall–Kier alpha value is -2.08. The van der Waals surface area contributed by atoms with Gasteiger partial charge in [0, 0.05) is 49.2 Å². The summed E-state index contributed by atoms with van der Waals surface area (Å²) in [6, 6.07) is 7.58. The molecule has 0 bridgehead atoms. The second-order valence-corrected chi connectivity index (χ2v) is 8.92. The van der Waals surface area contributed by atoms with Crippen molar-refractivity contribution in [2.45, 2.75) is 58.2 Å². The molecular formula is C22H31N3O3. The maximum Gasteiger partial charge on any atom is 0.315 e. The molecule has 1 aliphatic carbocycles. The van der Waals surface area contributed by atoms with Gasteiger partial charge in [-0.15, -0.1) is 0 Å². The van der Waals surface area contributed by atoms with Crippen LogP contribution in [0.2, 0.25) is 0 Å². The number of hydrogen-bond donors (Lipinski definition) is 2. The molecule has 1 aromatic rings. The summed E-state index contributed by atoms with van der Waals surface area (Å²) < 4.78 is 5.78. The molecule has 2 aliphatic heterocycles. The van der Waals surface area contributed by atoms with Crippen LogP contribution in [-0.4, -0.2) is 48.7 Å². The molecule has 4 rings (SSSR count). The third kappa shape index (κ3) is 3.62. The Bertz CT molecular complexity index is 725. The number of likely N-dealkylation sites (tertiary alicyclic amines) is 1. The lowest BCUT2D eigenvalue weighted by molar-refractivity contribution is -0.108. The first-order chi connectivity index (χ1) is 13.5. The lowest BCUT2D eigenvalue weighted by Gasteiger charge is -2.54. The molecule has 6 nitrogen and oxygen atoms in total. The average Bonchev–Trinajstić information content (AvgIpc) is 3.18. The molecule has 1 aromatic carbocycles. The molecule has 3 fully saturated rings. The van der Waals surface area contributed by atoms with Gasteiger partial charge in [-0.3, -0.25) is 4.79 Å². The lowest BCUT2D eigenvalue weighted by Crippen LogP contribution is -2.67. The number of hydrogen-bond acceptors (Lipinski definition) is 3. The quantitative estimate of drug-likeness (QED) is 0.837. The van der Waals surface area contributed by atoms with Crippen LogP contribution < -0.4 is 10.6 Å². The van der Waals surface area contributed by atoms with Crippen molar-refractivity contribution >= 4 is 11.9 Å². The Kier molecular flexibility index (Phi) is 5.32. The maximum atomic E-state index is 12.5. The van der Waals surface area contributed by atoms with Gasteiger partial charge in [0.2, 0.25) is 0 Å². The van der Waals surface area contributed by atoms with Gasteiger partial charge >= 0.3 is 6.03 Å². The minimum absolute atomic E-state index is 0.0189. The van der Waals surface area contributed by atoms with Gasteiger partial charge in [0.1, 0.15) is 0 Å². The van der Waals surface area contributed by atoms with Crippen LogP contribution >= 0.6 is 0 Å². The Morgan fingerprint density at radius 1 is 1.14 bits per heavy atom. The summed E-state index contributed by atoms with van der Waals surface area (Å²) in [6.45, 7) is 7.26. The van der Waals surface area contributed by atoms with Crippen molar-refractivity contribution in [3.63, 3.8) is 0 Å². The predicted octanol–water partition coefficient (Wildman–Crippen LogP) is 2.93. The van der Waals surface area contributed by atoms with Gasteiger partial charge in [0.25, 0.3) is 5.91 Å². The van der Waals surface area contributed by atoms with Gasteiger partial charge < -0.3 is 20.3 Å². The predicted molar refractivity (Wildman–Crippen MR) is 107 cm³/mol. The van der Waals surface area contributed by atoms with Crippen LogP contribution in [-0.2, 0) is 11.3 Å². The zero-order valence-corrected chi connectivity index (χ0v) is 16.9. The fraction of sp³-hybridized carbons (Fsp3) is 0.636. The molecule has 2 heterocycles. The zero-order valence-electron chi connectivity index (χ0n) is 16.9. The summed E-state index contributed by atoms with van der Waals surface area (Å²) in [5, 5.41) is 6.07. The molecule has 28 heavy (non-hydrogen) atoms. The Morgan fingerprint density at radius 2 is 1.86 bits per heavy atom. The van der Waals surface area contributed by atoms with Crippen molar-refractivity contribution in [3.8, 4) is 0 Å². The van der Waals surface area contributed by atoms with Crippen molar-refractivity contribution in [3.05, 3.63) is 35.4 Å². The highest BCUT2D eigenvalue weighted by Crippen LogP contribution is 2.52. The number of piperidine rings is 1. The topological polar surface area (TPSA) is 70.7 Å². The van der Waals surface area contributed by atoms with E-state index in [-0.39, 0.29) is 29.5 Å². The Labute approximate surface area is 167 Å². The Balaban J connectivity index is 1.27. The number of urea groups is 1. The number of benzene rings is 1. The van der Waals surface area contributed by atoms with E-state index in [0.29, 0.717) is 12.5 Å². The molecule has 6 heteroatoms. The number of carbonyl (C=O) groups excluding carboxylic acids is 2. The second-order valence-electron chi connectivity index (χ2n) is 8.92. The summed E-state index contributed by atoms with van der Waals surface area (Å²) >= 11 is 0. The Morgan fingerprint density at radius 3 is 2.57 bits per heavy atom. The van der Waals surface area contributed by atoms with E-state index in [2.05, 4.69) is 24.5 Å². The van der Waals surface area contributed by atoms with Crippen LogP contribution in [0, 0.1) is 11.3 Å². The lowest BCUT2D eigenvalue weighted by atomic mass is 9.57. The molecule has 2 saturated heterocycles. The third-order valence-electron chi connectivity index (χ3n) is 6.68. The molecule has 3 amide bonds. The number of amides is 3. The third-order valence-corrected chi connectivity index (χ3v) is 6.68. The van der Waals surface area contributed by atoms with Crippen molar-refractivity contribution in [1.29, 1.82) is 0 Å². The summed E-state index contributed by atoms with van der Waals surface area (Å²) in [4.78, 5) is 26.8. The molecule has 3 unspecified atom stereocenters. The smallest absolute Gasteiger partial charge is 0.315 e. The standard InChI is InChI=1S/C22H31N3O3/c1-22(2)18(17-10-13-28-19(17)22)24-21(27)23-14-15-6-8-16(9-7-15)20(26)25-11-4-3-5-12-25/h6-9,17-19H,3-5,10-14H2,1-2H3,(H2,23,24,27). The average molecular weight is 386 g/mol. The molecule has 1 saturated carbocycles. The van der Waals surface area contributed by atoms with Crippen LogP contribution in [0.1, 0.15) is 55.5 Å². The van der Waals surface area contributed by atoms with E-state index in [9.17, 15) is 9.59 Å². The first-order valence-corrected chi connectivity index (χ1v) is 10.5. The highest BCUT2D eigenvalue weighted by molar-refractivity contribution is 5.94. The molecule has 3 atom stereocenters. The maximum absolute atomic E-state index is 12.5. The van der Waals surface area contributed by atoms with E-state index >= 15 is 0 Å². The van der Waals surface area contributed by atoms with E-state index in [0.717, 1.165) is 50.1 Å².